The van der Waals surface area contributed by atoms with Crippen LogP contribution in [-0.2, 0) is 17.7 Å². The quantitative estimate of drug-likeness (QED) is 0.850. The van der Waals surface area contributed by atoms with Crippen LogP contribution in [0.1, 0.15) is 41.4 Å². The highest BCUT2D eigenvalue weighted by Gasteiger charge is 2.26. The Balaban J connectivity index is 1.40. The Bertz CT molecular complexity index is 917. The Morgan fingerprint density at radius 2 is 2.36 bits per heavy atom. The fourth-order valence-corrected chi connectivity index (χ4v) is 3.37. The number of benzene rings is 1. The van der Waals surface area contributed by atoms with Gasteiger partial charge < -0.3 is 19.5 Å². The van der Waals surface area contributed by atoms with Gasteiger partial charge in [-0.05, 0) is 36.6 Å². The van der Waals surface area contributed by atoms with Gasteiger partial charge in [0.05, 0.1) is 30.8 Å². The average Bonchev–Trinajstić information content (AvgIpc) is 3.15. The number of fused-ring (bicyclic) bond motifs is 2. The summed E-state index contributed by atoms with van der Waals surface area (Å²) in [5.74, 6) is 1.03. The third-order valence-electron chi connectivity index (χ3n) is 4.74. The minimum atomic E-state index is -0.294. The Morgan fingerprint density at radius 1 is 1.46 bits per heavy atom. The molecule has 1 aromatic heterocycles. The lowest BCUT2D eigenvalue weighted by atomic mass is 10.0. The number of hydrogen-bond acceptors (Lipinski definition) is 6. The molecule has 4 rings (SSSR count). The molecule has 1 aromatic carbocycles. The van der Waals surface area contributed by atoms with Crippen molar-refractivity contribution in [3.05, 3.63) is 41.1 Å². The van der Waals surface area contributed by atoms with Crippen LogP contribution < -0.4 is 14.8 Å². The van der Waals surface area contributed by atoms with Crippen molar-refractivity contribution in [2.75, 3.05) is 13.2 Å². The van der Waals surface area contributed by atoms with E-state index in [0.29, 0.717) is 49.7 Å². The fourth-order valence-electron chi connectivity index (χ4n) is 3.37. The molecule has 1 amide bonds. The van der Waals surface area contributed by atoms with Crippen molar-refractivity contribution in [2.24, 2.45) is 0 Å². The summed E-state index contributed by atoms with van der Waals surface area (Å²) in [6.07, 6.45) is 1.94. The third-order valence-corrected chi connectivity index (χ3v) is 4.74. The van der Waals surface area contributed by atoms with Gasteiger partial charge in [-0.2, -0.15) is 10.4 Å². The second kappa shape index (κ2) is 7.90. The third kappa shape index (κ3) is 3.80. The number of amides is 1. The lowest BCUT2D eigenvalue weighted by molar-refractivity contribution is -0.103. The Morgan fingerprint density at radius 3 is 3.18 bits per heavy atom. The summed E-state index contributed by atoms with van der Waals surface area (Å²) in [4.78, 5) is 12.6. The van der Waals surface area contributed by atoms with Crippen LogP contribution in [0.3, 0.4) is 0 Å². The van der Waals surface area contributed by atoms with Crippen LogP contribution in [0.25, 0.3) is 0 Å². The van der Waals surface area contributed by atoms with Crippen molar-refractivity contribution in [1.29, 1.82) is 5.26 Å². The van der Waals surface area contributed by atoms with Crippen molar-refractivity contribution in [1.82, 2.24) is 15.1 Å². The number of nitrogens with one attached hydrogen (secondary N) is 1. The van der Waals surface area contributed by atoms with E-state index in [1.165, 1.54) is 0 Å². The van der Waals surface area contributed by atoms with E-state index < -0.39 is 0 Å². The largest absolute Gasteiger partial charge is 0.491 e. The summed E-state index contributed by atoms with van der Waals surface area (Å²) in [7, 11) is 0. The lowest BCUT2D eigenvalue weighted by Gasteiger charge is -2.25. The van der Waals surface area contributed by atoms with E-state index in [-0.39, 0.29) is 18.2 Å². The molecule has 1 N–H and O–H groups in total. The number of nitrogens with zero attached hydrogens (tertiary/aromatic N) is 3. The molecule has 2 atom stereocenters. The van der Waals surface area contributed by atoms with Gasteiger partial charge in [0.15, 0.2) is 5.69 Å². The molecule has 0 fully saturated rings. The molecule has 0 bridgehead atoms. The zero-order valence-corrected chi connectivity index (χ0v) is 15.7. The molecule has 0 saturated carbocycles. The molecule has 2 aliphatic heterocycles. The first-order chi connectivity index (χ1) is 13.7. The van der Waals surface area contributed by atoms with Gasteiger partial charge in [0.2, 0.25) is 12.2 Å². The Labute approximate surface area is 163 Å². The summed E-state index contributed by atoms with van der Waals surface area (Å²) < 4.78 is 18.8. The summed E-state index contributed by atoms with van der Waals surface area (Å²) in [6, 6.07) is 8.90. The van der Waals surface area contributed by atoms with Crippen LogP contribution in [0, 0.1) is 11.3 Å². The highest BCUT2D eigenvalue weighted by Crippen LogP contribution is 2.26. The zero-order chi connectivity index (χ0) is 19.5. The van der Waals surface area contributed by atoms with Gasteiger partial charge in [-0.15, -0.1) is 0 Å². The molecule has 0 radical (unpaired) electrons. The predicted molar refractivity (Wildman–Crippen MR) is 99.1 cm³/mol. The summed E-state index contributed by atoms with van der Waals surface area (Å²) >= 11 is 0. The lowest BCUT2D eigenvalue weighted by Crippen LogP contribution is -2.42. The molecule has 146 valence electrons. The van der Waals surface area contributed by atoms with Crippen molar-refractivity contribution in [3.8, 4) is 17.7 Å². The highest BCUT2D eigenvalue weighted by atomic mass is 16.7. The Hall–Kier alpha value is -3.05. The number of carbonyl (C=O) groups is 1. The first kappa shape index (κ1) is 18.3. The van der Waals surface area contributed by atoms with Crippen LogP contribution in [0.15, 0.2) is 24.3 Å². The second-order valence-corrected chi connectivity index (χ2v) is 6.92. The maximum atomic E-state index is 12.6. The Kier molecular flexibility index (Phi) is 5.17. The van der Waals surface area contributed by atoms with Gasteiger partial charge in [-0.3, -0.25) is 4.79 Å². The fraction of sp³-hybridized carbons (Fsp3) is 0.450. The number of hydrogen-bond donors (Lipinski definition) is 1. The predicted octanol–water partition coefficient (Wildman–Crippen LogP) is 2.02. The second-order valence-electron chi connectivity index (χ2n) is 6.92. The normalized spacial score (nSPS) is 20.1. The van der Waals surface area contributed by atoms with Gasteiger partial charge in [-0.25, -0.2) is 4.68 Å². The number of ether oxygens (including phenoxy) is 3. The minimum Gasteiger partial charge on any atom is -0.491 e. The zero-order valence-electron chi connectivity index (χ0n) is 15.7. The van der Waals surface area contributed by atoms with E-state index in [1.54, 1.807) is 28.9 Å². The molecule has 28 heavy (non-hydrogen) atoms. The molecule has 3 heterocycles. The van der Waals surface area contributed by atoms with E-state index in [1.807, 2.05) is 6.92 Å². The number of aryl methyl sites for hydroxylation is 1. The maximum absolute atomic E-state index is 12.6. The molecule has 1 unspecified atom stereocenters. The topological polar surface area (TPSA) is 98.4 Å². The van der Waals surface area contributed by atoms with E-state index in [4.69, 9.17) is 19.5 Å². The molecule has 8 nitrogen and oxygen atoms in total. The van der Waals surface area contributed by atoms with Crippen LogP contribution in [-0.4, -0.2) is 41.2 Å². The van der Waals surface area contributed by atoms with E-state index in [0.717, 1.165) is 17.7 Å². The molecule has 0 saturated heterocycles. The average molecular weight is 382 g/mol. The van der Waals surface area contributed by atoms with Gasteiger partial charge in [-0.1, -0.05) is 6.92 Å². The van der Waals surface area contributed by atoms with Gasteiger partial charge in [0.1, 0.15) is 12.4 Å². The smallest absolute Gasteiger partial charge is 0.272 e. The van der Waals surface area contributed by atoms with Crippen LogP contribution >= 0.6 is 0 Å². The highest BCUT2D eigenvalue weighted by molar-refractivity contribution is 5.92. The van der Waals surface area contributed by atoms with E-state index >= 15 is 0 Å². The number of rotatable bonds is 5. The summed E-state index contributed by atoms with van der Waals surface area (Å²) in [6.45, 7) is 3.71. The first-order valence-electron chi connectivity index (χ1n) is 9.49. The maximum Gasteiger partial charge on any atom is 0.272 e. The molecular formula is C20H22N4O4. The number of carbonyl (C=O) groups excluding carboxylic acids is 1. The van der Waals surface area contributed by atoms with Crippen LogP contribution in [0.4, 0.5) is 0 Å². The molecule has 0 spiro atoms. The van der Waals surface area contributed by atoms with Crippen molar-refractivity contribution < 1.29 is 19.0 Å². The van der Waals surface area contributed by atoms with Crippen molar-refractivity contribution in [2.45, 2.75) is 45.1 Å². The minimum absolute atomic E-state index is 0.186. The van der Waals surface area contributed by atoms with Gasteiger partial charge in [0.25, 0.3) is 5.91 Å². The monoisotopic (exact) mass is 382 g/mol. The van der Waals surface area contributed by atoms with Gasteiger partial charge in [0, 0.05) is 12.5 Å². The van der Waals surface area contributed by atoms with Crippen molar-refractivity contribution >= 4 is 5.91 Å². The molecular weight excluding hydrogens is 360 g/mol. The van der Waals surface area contributed by atoms with Gasteiger partial charge >= 0.3 is 0 Å². The van der Waals surface area contributed by atoms with Crippen LogP contribution in [0.5, 0.6) is 11.6 Å². The standard InChI is InChI=1S/C20H22N4O4/c1-2-7-26-19-5-6-24-18(28-19)10-16(23-24)20(25)22-15-9-14-8-13(11-21)3-4-17(14)27-12-15/h3-4,8,10,15,19H,2,5-7,9,12H2,1H3,(H,22,25)/t15-,19?/m1/s1. The number of aromatic nitrogens is 2. The molecule has 2 aromatic rings. The SMILES string of the molecule is CCCOC1CCn2nc(C(=O)N[C@H]3COc4ccc(C#N)cc4C3)cc2O1. The molecule has 2 aliphatic rings. The van der Waals surface area contributed by atoms with E-state index in [9.17, 15) is 4.79 Å². The number of nitriles is 1. The first-order valence-corrected chi connectivity index (χ1v) is 9.49. The molecule has 8 heteroatoms. The van der Waals surface area contributed by atoms with E-state index in [2.05, 4.69) is 16.5 Å². The molecule has 0 aliphatic carbocycles. The summed E-state index contributed by atoms with van der Waals surface area (Å²) in [5.41, 5.74) is 1.80. The van der Waals surface area contributed by atoms with Crippen LogP contribution in [0.2, 0.25) is 0 Å². The van der Waals surface area contributed by atoms with Crippen molar-refractivity contribution in [3.63, 3.8) is 0 Å². The summed E-state index contributed by atoms with van der Waals surface area (Å²) in [5, 5.41) is 16.4.